The van der Waals surface area contributed by atoms with Crippen LogP contribution in [-0.4, -0.2) is 25.9 Å². The van der Waals surface area contributed by atoms with Crippen LogP contribution in [-0.2, 0) is 4.79 Å². The normalized spacial score (nSPS) is 12.4. The number of hydrogen-bond donors (Lipinski definition) is 0. The molecule has 0 N–H and O–H groups in total. The third-order valence-corrected chi connectivity index (χ3v) is 3.97. The van der Waals surface area contributed by atoms with Gasteiger partial charge in [-0.3, -0.25) is 9.36 Å². The van der Waals surface area contributed by atoms with Gasteiger partial charge in [-0.05, 0) is 44.2 Å². The molecule has 0 fully saturated rings. The Hall–Kier alpha value is -2.93. The third kappa shape index (κ3) is 4.62. The van der Waals surface area contributed by atoms with Crippen molar-refractivity contribution in [3.05, 3.63) is 72.2 Å². The molecule has 27 heavy (non-hydrogen) atoms. The number of carbonyl (C=O) groups is 1. The Labute approximate surface area is 160 Å². The molecule has 1 aromatic carbocycles. The highest BCUT2D eigenvalue weighted by Crippen LogP contribution is 2.26. The summed E-state index contributed by atoms with van der Waals surface area (Å²) >= 11 is 5.88. The first-order chi connectivity index (χ1) is 12.8. The molecule has 0 radical (unpaired) electrons. The molecule has 0 aliphatic carbocycles. The van der Waals surface area contributed by atoms with Crippen molar-refractivity contribution in [3.63, 3.8) is 0 Å². The van der Waals surface area contributed by atoms with Gasteiger partial charge in [0, 0.05) is 23.5 Å². The summed E-state index contributed by atoms with van der Waals surface area (Å²) in [6.45, 7) is 3.24. The van der Waals surface area contributed by atoms with Gasteiger partial charge in [-0.2, -0.15) is 9.37 Å². The predicted molar refractivity (Wildman–Crippen MR) is 97.3 cm³/mol. The fraction of sp³-hybridized carbons (Fsp3) is 0.211. The number of benzene rings is 1. The molecule has 0 bridgehead atoms. The summed E-state index contributed by atoms with van der Waals surface area (Å²) < 4.78 is 26.4. The van der Waals surface area contributed by atoms with Crippen LogP contribution in [0.4, 0.5) is 4.39 Å². The maximum atomic E-state index is 13.4. The van der Waals surface area contributed by atoms with Crippen molar-refractivity contribution in [2.75, 3.05) is 0 Å². The topological polar surface area (TPSA) is 66.2 Å². The van der Waals surface area contributed by atoms with Crippen molar-refractivity contribution >= 4 is 17.4 Å². The summed E-state index contributed by atoms with van der Waals surface area (Å²) in [5.74, 6) is -0.655. The molecular weight excluding hydrogens is 373 g/mol. The molecule has 0 aliphatic rings. The zero-order chi connectivity index (χ0) is 19.4. The van der Waals surface area contributed by atoms with E-state index < -0.39 is 23.6 Å². The van der Waals surface area contributed by atoms with Gasteiger partial charge in [-0.15, -0.1) is 0 Å². The first-order valence-electron chi connectivity index (χ1n) is 8.11. The first-order valence-corrected chi connectivity index (χ1v) is 8.48. The van der Waals surface area contributed by atoms with Gasteiger partial charge in [-0.1, -0.05) is 17.7 Å². The Bertz CT molecular complexity index is 914. The van der Waals surface area contributed by atoms with E-state index in [9.17, 15) is 9.18 Å². The predicted octanol–water partition coefficient (Wildman–Crippen LogP) is 4.07. The lowest BCUT2D eigenvalue weighted by Crippen LogP contribution is -2.44. The van der Waals surface area contributed by atoms with Crippen LogP contribution in [0, 0.1) is 5.95 Å². The molecule has 3 rings (SSSR count). The maximum absolute atomic E-state index is 13.4. The van der Waals surface area contributed by atoms with Crippen molar-refractivity contribution < 1.29 is 18.7 Å². The number of carbonyl (C=O) groups excluding carboxylic acids is 1. The summed E-state index contributed by atoms with van der Waals surface area (Å²) in [4.78, 5) is 20.8. The summed E-state index contributed by atoms with van der Waals surface area (Å²) in [6.07, 6.45) is 3.37. The zero-order valence-corrected chi connectivity index (χ0v) is 15.4. The molecule has 2 aromatic heterocycles. The largest absolute Gasteiger partial charge is 0.480 e. The lowest BCUT2D eigenvalue weighted by molar-refractivity contribution is -0.143. The number of ether oxygens (including phenoxy) is 2. The van der Waals surface area contributed by atoms with E-state index >= 15 is 0 Å². The number of nitrogens with zero attached hydrogens (tertiary/aromatic N) is 3. The van der Waals surface area contributed by atoms with Crippen molar-refractivity contribution in [1.29, 1.82) is 0 Å². The van der Waals surface area contributed by atoms with Gasteiger partial charge in [0.05, 0.1) is 6.33 Å². The van der Waals surface area contributed by atoms with E-state index in [4.69, 9.17) is 21.1 Å². The first kappa shape index (κ1) is 18.8. The fourth-order valence-electron chi connectivity index (χ4n) is 2.37. The number of pyridine rings is 1. The molecule has 140 valence electrons. The highest BCUT2D eigenvalue weighted by Gasteiger charge is 2.38. The van der Waals surface area contributed by atoms with Gasteiger partial charge in [0.25, 0.3) is 0 Å². The highest BCUT2D eigenvalue weighted by atomic mass is 35.5. The van der Waals surface area contributed by atoms with Crippen LogP contribution in [0.2, 0.25) is 5.02 Å². The van der Waals surface area contributed by atoms with Gasteiger partial charge in [-0.25, -0.2) is 4.98 Å². The summed E-state index contributed by atoms with van der Waals surface area (Å²) in [5.41, 5.74) is -1.25. The van der Waals surface area contributed by atoms with Crippen molar-refractivity contribution in [3.8, 4) is 11.6 Å². The van der Waals surface area contributed by atoms with Crippen LogP contribution in [0.1, 0.15) is 20.1 Å². The molecule has 3 aromatic rings. The molecule has 0 spiro atoms. The van der Waals surface area contributed by atoms with E-state index in [1.54, 1.807) is 44.3 Å². The molecule has 1 atom stereocenters. The van der Waals surface area contributed by atoms with E-state index in [2.05, 4.69) is 9.97 Å². The van der Waals surface area contributed by atoms with Crippen LogP contribution < -0.4 is 9.47 Å². The van der Waals surface area contributed by atoms with Gasteiger partial charge in [0.15, 0.2) is 5.60 Å². The monoisotopic (exact) mass is 389 g/mol. The zero-order valence-electron chi connectivity index (χ0n) is 14.7. The van der Waals surface area contributed by atoms with Gasteiger partial charge >= 0.3 is 0 Å². The molecule has 6 nitrogen and oxygen atoms in total. The van der Waals surface area contributed by atoms with E-state index in [0.717, 1.165) is 0 Å². The minimum Gasteiger partial charge on any atom is -0.480 e. The quantitative estimate of drug-likeness (QED) is 0.570. The fourth-order valence-corrected chi connectivity index (χ4v) is 2.50. The Kier molecular flexibility index (Phi) is 5.41. The van der Waals surface area contributed by atoms with Gasteiger partial charge in [0.2, 0.25) is 23.8 Å². The number of ketones is 1. The molecule has 0 saturated carbocycles. The lowest BCUT2D eigenvalue weighted by Gasteiger charge is -2.29. The van der Waals surface area contributed by atoms with Crippen molar-refractivity contribution in [1.82, 2.24) is 14.5 Å². The second-order valence-electron chi connectivity index (χ2n) is 6.21. The number of rotatable bonds is 7. The standard InChI is InChI=1S/C19H17ClFN3O3/c1-19(2,27-14-8-6-13(20)7-9-14)17(25)18(24-11-10-22-12-24)26-16-5-3-4-15(21)23-16/h3-12,18H,1-2H3. The number of imidazole rings is 1. The minimum atomic E-state index is -1.25. The molecule has 1 unspecified atom stereocenters. The molecule has 0 saturated heterocycles. The van der Waals surface area contributed by atoms with Crippen LogP contribution in [0.3, 0.4) is 0 Å². The third-order valence-electron chi connectivity index (χ3n) is 3.72. The van der Waals surface area contributed by atoms with Crippen molar-refractivity contribution in [2.45, 2.75) is 25.7 Å². The van der Waals surface area contributed by atoms with Crippen LogP contribution >= 0.6 is 11.6 Å². The Morgan fingerprint density at radius 1 is 1.22 bits per heavy atom. The van der Waals surface area contributed by atoms with E-state index in [1.165, 1.54) is 35.3 Å². The number of hydrogen-bond acceptors (Lipinski definition) is 5. The smallest absolute Gasteiger partial charge is 0.242 e. The van der Waals surface area contributed by atoms with Crippen LogP contribution in [0.25, 0.3) is 0 Å². The van der Waals surface area contributed by atoms with Crippen molar-refractivity contribution in [2.24, 2.45) is 0 Å². The minimum absolute atomic E-state index is 0.0238. The molecule has 8 heteroatoms. The van der Waals surface area contributed by atoms with Gasteiger partial charge in [0.1, 0.15) is 5.75 Å². The second kappa shape index (κ2) is 7.75. The average Bonchev–Trinajstić information content (AvgIpc) is 3.15. The Morgan fingerprint density at radius 2 is 1.96 bits per heavy atom. The Morgan fingerprint density at radius 3 is 2.59 bits per heavy atom. The lowest BCUT2D eigenvalue weighted by atomic mass is 10.0. The summed E-state index contributed by atoms with van der Waals surface area (Å²) in [7, 11) is 0. The highest BCUT2D eigenvalue weighted by molar-refractivity contribution is 6.30. The maximum Gasteiger partial charge on any atom is 0.242 e. The number of aromatic nitrogens is 3. The molecule has 0 amide bonds. The van der Waals surface area contributed by atoms with Crippen LogP contribution in [0.5, 0.6) is 11.6 Å². The molecule has 0 aliphatic heterocycles. The number of Topliss-reactive ketones (excluding diaryl/α,β-unsaturated/α-hetero) is 1. The second-order valence-corrected chi connectivity index (χ2v) is 6.65. The average molecular weight is 390 g/mol. The summed E-state index contributed by atoms with van der Waals surface area (Å²) in [5, 5.41) is 0.559. The SMILES string of the molecule is CC(C)(Oc1ccc(Cl)cc1)C(=O)C(Oc1cccc(F)n1)n1ccnc1. The van der Waals surface area contributed by atoms with E-state index in [0.29, 0.717) is 10.8 Å². The van der Waals surface area contributed by atoms with E-state index in [-0.39, 0.29) is 5.88 Å². The number of halogens is 2. The van der Waals surface area contributed by atoms with E-state index in [1.807, 2.05) is 0 Å². The molecular formula is C19H17ClFN3O3. The van der Waals surface area contributed by atoms with Crippen LogP contribution in [0.15, 0.2) is 61.2 Å². The van der Waals surface area contributed by atoms with Gasteiger partial charge < -0.3 is 9.47 Å². The molecule has 2 heterocycles. The summed E-state index contributed by atoms with van der Waals surface area (Å²) in [6, 6.07) is 10.8. The Balaban J connectivity index is 1.86.